The van der Waals surface area contributed by atoms with Crippen LogP contribution in [0, 0.1) is 0 Å². The van der Waals surface area contributed by atoms with Gasteiger partial charge in [0.2, 0.25) is 0 Å². The second-order valence-electron chi connectivity index (χ2n) is 5.15. The van der Waals surface area contributed by atoms with Crippen LogP contribution in [0.25, 0.3) is 0 Å². The molecule has 4 nitrogen and oxygen atoms in total. The molecule has 2 atom stereocenters. The molecule has 0 bridgehead atoms. The maximum absolute atomic E-state index is 6.48. The molecule has 104 valence electrons. The number of aryl methyl sites for hydroxylation is 1. The first-order valence-corrected chi connectivity index (χ1v) is 6.96. The molecule has 0 fully saturated rings. The molecule has 0 aromatic carbocycles. The van der Waals surface area contributed by atoms with Crippen LogP contribution < -0.4 is 5.73 Å². The topological polar surface area (TPSA) is 47.1 Å². The van der Waals surface area contributed by atoms with Crippen molar-refractivity contribution in [1.82, 2.24) is 14.5 Å². The van der Waals surface area contributed by atoms with Crippen molar-refractivity contribution in [2.45, 2.75) is 52.1 Å². The van der Waals surface area contributed by atoms with Crippen molar-refractivity contribution >= 4 is 0 Å². The molecule has 0 amide bonds. The summed E-state index contributed by atoms with van der Waals surface area (Å²) in [4.78, 5) is 6.84. The summed E-state index contributed by atoms with van der Waals surface area (Å²) in [6.45, 7) is 11.0. The minimum atomic E-state index is 0.0372. The molecule has 1 aromatic heterocycles. The van der Waals surface area contributed by atoms with Gasteiger partial charge >= 0.3 is 0 Å². The molecule has 0 spiro atoms. The molecule has 4 heteroatoms. The van der Waals surface area contributed by atoms with Crippen LogP contribution in [0.4, 0.5) is 0 Å². The smallest absolute Gasteiger partial charge is 0.109 e. The van der Waals surface area contributed by atoms with E-state index in [-0.39, 0.29) is 11.6 Å². The first-order valence-electron chi connectivity index (χ1n) is 6.96. The molecular weight excluding hydrogens is 224 g/mol. The van der Waals surface area contributed by atoms with E-state index in [2.05, 4.69) is 42.1 Å². The van der Waals surface area contributed by atoms with E-state index in [4.69, 9.17) is 5.73 Å². The van der Waals surface area contributed by atoms with Gasteiger partial charge in [-0.2, -0.15) is 0 Å². The van der Waals surface area contributed by atoms with Gasteiger partial charge in [-0.25, -0.2) is 4.98 Å². The summed E-state index contributed by atoms with van der Waals surface area (Å²) in [6.07, 6.45) is 5.69. The molecule has 2 unspecified atom stereocenters. The molecule has 0 radical (unpaired) electrons. The third-order valence-electron chi connectivity index (χ3n) is 4.32. The Labute approximate surface area is 111 Å². The van der Waals surface area contributed by atoms with E-state index in [1.807, 2.05) is 19.4 Å². The second kappa shape index (κ2) is 6.34. The molecule has 0 aliphatic heterocycles. The van der Waals surface area contributed by atoms with Crippen LogP contribution in [0.1, 0.15) is 39.9 Å². The normalized spacial score (nSPS) is 16.8. The van der Waals surface area contributed by atoms with E-state index in [1.54, 1.807) is 0 Å². The fourth-order valence-corrected chi connectivity index (χ4v) is 2.68. The zero-order chi connectivity index (χ0) is 13.8. The third-order valence-corrected chi connectivity index (χ3v) is 4.32. The van der Waals surface area contributed by atoms with Crippen LogP contribution in [0.5, 0.6) is 0 Å². The fraction of sp³-hybridized carbons (Fsp3) is 0.786. The number of nitrogens with zero attached hydrogens (tertiary/aromatic N) is 3. The third kappa shape index (κ3) is 2.93. The summed E-state index contributed by atoms with van der Waals surface area (Å²) in [6, 6.07) is 0.100. The summed E-state index contributed by atoms with van der Waals surface area (Å²) in [5.74, 6) is 1.06. The Morgan fingerprint density at radius 1 is 1.39 bits per heavy atom. The van der Waals surface area contributed by atoms with E-state index in [0.717, 1.165) is 31.8 Å². The quantitative estimate of drug-likeness (QED) is 0.805. The summed E-state index contributed by atoms with van der Waals surface area (Å²) in [5, 5.41) is 0. The number of aromatic nitrogens is 2. The molecular formula is C14H28N4. The van der Waals surface area contributed by atoms with Gasteiger partial charge in [-0.15, -0.1) is 0 Å². The summed E-state index contributed by atoms with van der Waals surface area (Å²) in [7, 11) is 2.02. The predicted octanol–water partition coefficient (Wildman–Crippen LogP) is 1.80. The lowest BCUT2D eigenvalue weighted by Crippen LogP contribution is -2.58. The molecule has 1 aromatic rings. The van der Waals surface area contributed by atoms with Gasteiger partial charge in [0.15, 0.2) is 0 Å². The van der Waals surface area contributed by atoms with Gasteiger partial charge in [-0.1, -0.05) is 20.8 Å². The zero-order valence-corrected chi connectivity index (χ0v) is 12.5. The standard InChI is InChI=1S/C14H28N4/c1-6-14(4,18(7-2)8-3)12(15)11-13-16-9-10-17(13)5/h9-10,12H,6-8,11,15H2,1-5H3. The van der Waals surface area contributed by atoms with Crippen LogP contribution in [0.2, 0.25) is 0 Å². The molecule has 0 saturated heterocycles. The Hall–Kier alpha value is -0.870. The summed E-state index contributed by atoms with van der Waals surface area (Å²) < 4.78 is 2.05. The number of hydrogen-bond donors (Lipinski definition) is 1. The van der Waals surface area contributed by atoms with Crippen molar-refractivity contribution in [3.63, 3.8) is 0 Å². The van der Waals surface area contributed by atoms with Crippen molar-refractivity contribution < 1.29 is 0 Å². The van der Waals surface area contributed by atoms with Gasteiger partial charge < -0.3 is 10.3 Å². The van der Waals surface area contributed by atoms with E-state index < -0.39 is 0 Å². The SMILES string of the molecule is CCN(CC)C(C)(CC)C(N)Cc1nccn1C. The maximum atomic E-state index is 6.48. The highest BCUT2D eigenvalue weighted by molar-refractivity contribution is 5.02. The van der Waals surface area contributed by atoms with E-state index in [9.17, 15) is 0 Å². The largest absolute Gasteiger partial charge is 0.338 e. The van der Waals surface area contributed by atoms with Gasteiger partial charge in [0.1, 0.15) is 5.82 Å². The summed E-state index contributed by atoms with van der Waals surface area (Å²) >= 11 is 0. The molecule has 0 aliphatic carbocycles. The zero-order valence-electron chi connectivity index (χ0n) is 12.5. The van der Waals surface area contributed by atoms with E-state index in [0.29, 0.717) is 0 Å². The highest BCUT2D eigenvalue weighted by atomic mass is 15.2. The molecule has 2 N–H and O–H groups in total. The average Bonchev–Trinajstić information content (AvgIpc) is 2.76. The fourth-order valence-electron chi connectivity index (χ4n) is 2.68. The highest BCUT2D eigenvalue weighted by Gasteiger charge is 2.35. The minimum absolute atomic E-state index is 0.0372. The lowest BCUT2D eigenvalue weighted by Gasteiger charge is -2.44. The lowest BCUT2D eigenvalue weighted by molar-refractivity contribution is 0.0836. The van der Waals surface area contributed by atoms with Gasteiger partial charge in [0.05, 0.1) is 0 Å². The number of nitrogens with two attached hydrogens (primary N) is 1. The number of rotatable bonds is 7. The van der Waals surface area contributed by atoms with Gasteiger partial charge in [0, 0.05) is 37.4 Å². The number of hydrogen-bond acceptors (Lipinski definition) is 3. The van der Waals surface area contributed by atoms with Crippen LogP contribution >= 0.6 is 0 Å². The minimum Gasteiger partial charge on any atom is -0.338 e. The van der Waals surface area contributed by atoms with Crippen molar-refractivity contribution in [3.05, 3.63) is 18.2 Å². The van der Waals surface area contributed by atoms with Crippen LogP contribution in [0.3, 0.4) is 0 Å². The maximum Gasteiger partial charge on any atom is 0.109 e. The predicted molar refractivity (Wildman–Crippen MR) is 76.5 cm³/mol. The Morgan fingerprint density at radius 2 is 2.00 bits per heavy atom. The molecule has 1 rings (SSSR count). The molecule has 0 saturated carbocycles. The lowest BCUT2D eigenvalue weighted by atomic mass is 9.85. The Bertz CT molecular complexity index is 356. The molecule has 1 heterocycles. The second-order valence-corrected chi connectivity index (χ2v) is 5.15. The monoisotopic (exact) mass is 252 g/mol. The molecule has 0 aliphatic rings. The van der Waals surface area contributed by atoms with Crippen molar-refractivity contribution in [1.29, 1.82) is 0 Å². The Morgan fingerprint density at radius 3 is 2.39 bits per heavy atom. The first-order chi connectivity index (χ1) is 8.49. The van der Waals surface area contributed by atoms with Crippen molar-refractivity contribution in [2.24, 2.45) is 12.8 Å². The average molecular weight is 252 g/mol. The van der Waals surface area contributed by atoms with Gasteiger partial charge in [-0.3, -0.25) is 4.90 Å². The Balaban J connectivity index is 2.84. The first kappa shape index (κ1) is 15.2. The summed E-state index contributed by atoms with van der Waals surface area (Å²) in [5.41, 5.74) is 6.52. The van der Waals surface area contributed by atoms with Gasteiger partial charge in [-0.05, 0) is 26.4 Å². The van der Waals surface area contributed by atoms with Gasteiger partial charge in [0.25, 0.3) is 0 Å². The van der Waals surface area contributed by atoms with Crippen LogP contribution in [-0.2, 0) is 13.5 Å². The van der Waals surface area contributed by atoms with E-state index in [1.165, 1.54) is 0 Å². The Kier molecular flexibility index (Phi) is 5.35. The molecule has 18 heavy (non-hydrogen) atoms. The van der Waals surface area contributed by atoms with Crippen LogP contribution in [-0.4, -0.2) is 39.1 Å². The van der Waals surface area contributed by atoms with Crippen molar-refractivity contribution in [2.75, 3.05) is 13.1 Å². The van der Waals surface area contributed by atoms with Crippen LogP contribution in [0.15, 0.2) is 12.4 Å². The number of imidazole rings is 1. The highest BCUT2D eigenvalue weighted by Crippen LogP contribution is 2.24. The van der Waals surface area contributed by atoms with E-state index >= 15 is 0 Å². The number of likely N-dealkylation sites (N-methyl/N-ethyl adjacent to an activating group) is 1. The van der Waals surface area contributed by atoms with Crippen molar-refractivity contribution in [3.8, 4) is 0 Å².